The van der Waals surface area contributed by atoms with Gasteiger partial charge in [0.25, 0.3) is 0 Å². The van der Waals surface area contributed by atoms with Crippen molar-refractivity contribution in [2.75, 3.05) is 6.61 Å². The topological polar surface area (TPSA) is 95.9 Å². The van der Waals surface area contributed by atoms with Crippen LogP contribution in [0.15, 0.2) is 60.8 Å². The first-order chi connectivity index (χ1) is 32.5. The molecule has 0 aliphatic rings. The number of aliphatic hydroxyl groups is 2. The first kappa shape index (κ1) is 63.6. The fraction of sp³-hybridized carbons (Fsp3) is 0.800. The van der Waals surface area contributed by atoms with E-state index in [9.17, 15) is 19.8 Å². The fourth-order valence-corrected chi connectivity index (χ4v) is 8.47. The summed E-state index contributed by atoms with van der Waals surface area (Å²) >= 11 is 0. The molecule has 3 atom stereocenters. The number of hydrogen-bond acceptors (Lipinski definition) is 5. The lowest BCUT2D eigenvalue weighted by atomic mass is 10.0. The number of allylic oxidation sites excluding steroid dienone is 10. The predicted octanol–water partition coefficient (Wildman–Crippen LogP) is 17.6. The van der Waals surface area contributed by atoms with Crippen molar-refractivity contribution in [1.29, 1.82) is 0 Å². The van der Waals surface area contributed by atoms with Gasteiger partial charge in [-0.15, -0.1) is 0 Å². The van der Waals surface area contributed by atoms with Crippen LogP contribution in [-0.2, 0) is 14.3 Å². The lowest BCUT2D eigenvalue weighted by Gasteiger charge is -2.24. The van der Waals surface area contributed by atoms with Gasteiger partial charge >= 0.3 is 5.97 Å². The van der Waals surface area contributed by atoms with Crippen molar-refractivity contribution in [3.8, 4) is 0 Å². The van der Waals surface area contributed by atoms with Crippen molar-refractivity contribution >= 4 is 11.9 Å². The molecule has 1 amide bonds. The van der Waals surface area contributed by atoms with Crippen LogP contribution in [0.3, 0.4) is 0 Å². The van der Waals surface area contributed by atoms with Crippen molar-refractivity contribution in [2.24, 2.45) is 0 Å². The second-order valence-electron chi connectivity index (χ2n) is 19.3. The highest BCUT2D eigenvalue weighted by molar-refractivity contribution is 5.77. The molecule has 0 fully saturated rings. The minimum Gasteiger partial charge on any atom is -0.462 e. The number of ether oxygens (including phenoxy) is 1. The third kappa shape index (κ3) is 48.0. The van der Waals surface area contributed by atoms with Gasteiger partial charge < -0.3 is 20.3 Å². The molecular formula is C60H109NO5. The highest BCUT2D eigenvalue weighted by Crippen LogP contribution is 2.18. The molecule has 0 aliphatic heterocycles. The maximum Gasteiger partial charge on any atom is 0.306 e. The Morgan fingerprint density at radius 1 is 0.439 bits per heavy atom. The molecule has 0 bridgehead atoms. The number of carbonyl (C=O) groups excluding carboxylic acids is 2. The summed E-state index contributed by atoms with van der Waals surface area (Å²) < 4.78 is 5.95. The van der Waals surface area contributed by atoms with Gasteiger partial charge in [-0.3, -0.25) is 9.59 Å². The SMILES string of the molecule is CCCCC/C=C\C/C=C\C/C=C\CCCCCCC(=O)OC(CCCCCCCCC/C=C\C/C=C\CCCCC)CC(=O)NC(CO)C(O)CCCCCCCCCCCCCCC. The summed E-state index contributed by atoms with van der Waals surface area (Å²) in [5.41, 5.74) is 0. The summed E-state index contributed by atoms with van der Waals surface area (Å²) in [5.74, 6) is -0.500. The van der Waals surface area contributed by atoms with Gasteiger partial charge in [-0.05, 0) is 96.3 Å². The highest BCUT2D eigenvalue weighted by Gasteiger charge is 2.24. The van der Waals surface area contributed by atoms with E-state index < -0.39 is 18.2 Å². The quantitative estimate of drug-likeness (QED) is 0.0321. The number of aliphatic hydroxyl groups excluding tert-OH is 2. The zero-order valence-corrected chi connectivity index (χ0v) is 43.8. The Hall–Kier alpha value is -2.44. The average molecular weight is 925 g/mol. The summed E-state index contributed by atoms with van der Waals surface area (Å²) in [5, 5.41) is 23.9. The summed E-state index contributed by atoms with van der Waals surface area (Å²) in [7, 11) is 0. The lowest BCUT2D eigenvalue weighted by molar-refractivity contribution is -0.151. The second kappa shape index (κ2) is 53.5. The number of esters is 1. The molecule has 384 valence electrons. The molecule has 0 saturated heterocycles. The average Bonchev–Trinajstić information content (AvgIpc) is 3.31. The third-order valence-corrected chi connectivity index (χ3v) is 12.8. The van der Waals surface area contributed by atoms with Crippen molar-refractivity contribution < 1.29 is 24.5 Å². The van der Waals surface area contributed by atoms with Crippen LogP contribution in [0.25, 0.3) is 0 Å². The zero-order valence-electron chi connectivity index (χ0n) is 43.8. The number of carbonyl (C=O) groups is 2. The van der Waals surface area contributed by atoms with Crippen LogP contribution in [0.1, 0.15) is 284 Å². The lowest BCUT2D eigenvalue weighted by Crippen LogP contribution is -2.46. The van der Waals surface area contributed by atoms with Crippen LogP contribution in [0.2, 0.25) is 0 Å². The number of hydrogen-bond donors (Lipinski definition) is 3. The predicted molar refractivity (Wildman–Crippen MR) is 287 cm³/mol. The maximum atomic E-state index is 13.3. The van der Waals surface area contributed by atoms with E-state index >= 15 is 0 Å². The van der Waals surface area contributed by atoms with Gasteiger partial charge in [-0.1, -0.05) is 236 Å². The van der Waals surface area contributed by atoms with E-state index in [1.165, 1.54) is 141 Å². The monoisotopic (exact) mass is 924 g/mol. The molecule has 0 saturated carbocycles. The molecule has 0 rings (SSSR count). The number of nitrogens with one attached hydrogen (secondary N) is 1. The molecular weight excluding hydrogens is 815 g/mol. The fourth-order valence-electron chi connectivity index (χ4n) is 8.47. The Morgan fingerprint density at radius 2 is 0.773 bits per heavy atom. The van der Waals surface area contributed by atoms with Crippen molar-refractivity contribution in [3.63, 3.8) is 0 Å². The Bertz CT molecular complexity index is 1170. The van der Waals surface area contributed by atoms with Gasteiger partial charge in [0.1, 0.15) is 6.10 Å². The van der Waals surface area contributed by atoms with Crippen LogP contribution < -0.4 is 5.32 Å². The van der Waals surface area contributed by atoms with Gasteiger partial charge in [0.2, 0.25) is 5.91 Å². The van der Waals surface area contributed by atoms with Crippen LogP contribution in [-0.4, -0.2) is 46.9 Å². The van der Waals surface area contributed by atoms with Crippen molar-refractivity contribution in [1.82, 2.24) is 5.32 Å². The molecule has 6 nitrogen and oxygen atoms in total. The smallest absolute Gasteiger partial charge is 0.306 e. The van der Waals surface area contributed by atoms with Gasteiger partial charge in [-0.2, -0.15) is 0 Å². The molecule has 0 aromatic rings. The number of unbranched alkanes of at least 4 members (excludes halogenated alkanes) is 29. The Morgan fingerprint density at radius 3 is 1.20 bits per heavy atom. The van der Waals surface area contributed by atoms with Gasteiger partial charge in [0, 0.05) is 6.42 Å². The molecule has 0 spiro atoms. The van der Waals surface area contributed by atoms with Crippen LogP contribution >= 0.6 is 0 Å². The third-order valence-electron chi connectivity index (χ3n) is 12.8. The highest BCUT2D eigenvalue weighted by atomic mass is 16.5. The van der Waals surface area contributed by atoms with Crippen molar-refractivity contribution in [3.05, 3.63) is 60.8 Å². The summed E-state index contributed by atoms with van der Waals surface area (Å²) in [4.78, 5) is 26.3. The summed E-state index contributed by atoms with van der Waals surface area (Å²) in [6.07, 6.45) is 67.0. The van der Waals surface area contributed by atoms with Gasteiger partial charge in [0.05, 0.1) is 25.2 Å². The van der Waals surface area contributed by atoms with Crippen LogP contribution in [0.4, 0.5) is 0 Å². The molecule has 0 heterocycles. The first-order valence-corrected chi connectivity index (χ1v) is 28.5. The largest absolute Gasteiger partial charge is 0.462 e. The van der Waals surface area contributed by atoms with E-state index in [0.29, 0.717) is 19.3 Å². The standard InChI is InChI=1S/C60H109NO5/c1-4-7-10-13-16-19-22-25-27-29-31-34-36-39-42-45-48-51-56(66-60(65)53-50-47-44-41-38-35-32-30-28-26-23-20-17-14-11-8-5-2)54-59(64)61-57(55-62)58(63)52-49-46-43-40-37-33-24-21-18-15-12-9-6-3/h16-17,19-20,25-28,32,35,56-58,62-63H,4-15,18,21-24,29-31,33-34,36-55H2,1-3H3,(H,61,64)/b19-16-,20-17-,27-25-,28-26-,35-32-. The maximum absolute atomic E-state index is 13.3. The van der Waals surface area contributed by atoms with Gasteiger partial charge in [-0.25, -0.2) is 0 Å². The Kier molecular flexibility index (Phi) is 51.5. The van der Waals surface area contributed by atoms with E-state index in [2.05, 4.69) is 86.8 Å². The summed E-state index contributed by atoms with van der Waals surface area (Å²) in [6, 6.07) is -0.711. The molecule has 66 heavy (non-hydrogen) atoms. The first-order valence-electron chi connectivity index (χ1n) is 28.5. The zero-order chi connectivity index (χ0) is 48.1. The van der Waals surface area contributed by atoms with Crippen LogP contribution in [0.5, 0.6) is 0 Å². The Balaban J connectivity index is 4.63. The van der Waals surface area contributed by atoms with E-state index in [-0.39, 0.29) is 24.9 Å². The molecule has 3 unspecified atom stereocenters. The van der Waals surface area contributed by atoms with E-state index in [1.54, 1.807) is 0 Å². The molecule has 0 aromatic carbocycles. The van der Waals surface area contributed by atoms with Gasteiger partial charge in [0.15, 0.2) is 0 Å². The van der Waals surface area contributed by atoms with Crippen LogP contribution in [0, 0.1) is 0 Å². The molecule has 0 aromatic heterocycles. The molecule has 6 heteroatoms. The molecule has 0 radical (unpaired) electrons. The molecule has 3 N–H and O–H groups in total. The minimum absolute atomic E-state index is 0.0626. The van der Waals surface area contributed by atoms with E-state index in [1.807, 2.05) is 0 Å². The van der Waals surface area contributed by atoms with E-state index in [0.717, 1.165) is 96.3 Å². The van der Waals surface area contributed by atoms with Crippen molar-refractivity contribution in [2.45, 2.75) is 302 Å². The second-order valence-corrected chi connectivity index (χ2v) is 19.3. The number of amides is 1. The normalized spacial score (nSPS) is 13.6. The minimum atomic E-state index is -0.796. The summed E-state index contributed by atoms with van der Waals surface area (Å²) in [6.45, 7) is 6.44. The molecule has 0 aliphatic carbocycles. The Labute approximate surface area is 409 Å². The van der Waals surface area contributed by atoms with E-state index in [4.69, 9.17) is 4.74 Å². The number of rotatable bonds is 51.